The summed E-state index contributed by atoms with van der Waals surface area (Å²) in [5.41, 5.74) is 1.99. The SMILES string of the molecule is Cn1c(CNCCCCC(F)(F)F)nc2ccccc21. The van der Waals surface area contributed by atoms with Crippen LogP contribution in [-0.2, 0) is 13.6 Å². The molecule has 0 aliphatic heterocycles. The number of hydrogen-bond acceptors (Lipinski definition) is 2. The van der Waals surface area contributed by atoms with Crippen LogP contribution in [0, 0.1) is 0 Å². The third-order valence-electron chi connectivity index (χ3n) is 3.23. The van der Waals surface area contributed by atoms with Crippen molar-refractivity contribution in [3.05, 3.63) is 30.1 Å². The minimum atomic E-state index is -4.04. The van der Waals surface area contributed by atoms with E-state index in [1.165, 1.54) is 0 Å². The molecule has 0 fully saturated rings. The zero-order chi connectivity index (χ0) is 14.6. The van der Waals surface area contributed by atoms with Gasteiger partial charge in [0.2, 0.25) is 0 Å². The summed E-state index contributed by atoms with van der Waals surface area (Å²) >= 11 is 0. The Morgan fingerprint density at radius 1 is 1.20 bits per heavy atom. The Balaban J connectivity index is 1.77. The number of hydrogen-bond donors (Lipinski definition) is 1. The van der Waals surface area contributed by atoms with Crippen molar-refractivity contribution in [2.45, 2.75) is 32.0 Å². The van der Waals surface area contributed by atoms with E-state index in [2.05, 4.69) is 10.3 Å². The Morgan fingerprint density at radius 2 is 1.95 bits per heavy atom. The summed E-state index contributed by atoms with van der Waals surface area (Å²) in [4.78, 5) is 4.49. The molecule has 0 aliphatic rings. The average Bonchev–Trinajstić information content (AvgIpc) is 2.70. The number of alkyl halides is 3. The van der Waals surface area contributed by atoms with E-state index in [9.17, 15) is 13.2 Å². The summed E-state index contributed by atoms with van der Waals surface area (Å²) in [5, 5.41) is 3.14. The topological polar surface area (TPSA) is 29.9 Å². The lowest BCUT2D eigenvalue weighted by Gasteiger charge is -2.07. The maximum Gasteiger partial charge on any atom is 0.389 e. The van der Waals surface area contributed by atoms with E-state index in [0.29, 0.717) is 19.5 Å². The quantitative estimate of drug-likeness (QED) is 0.824. The monoisotopic (exact) mass is 285 g/mol. The predicted molar refractivity (Wildman–Crippen MR) is 72.3 cm³/mol. The van der Waals surface area contributed by atoms with Gasteiger partial charge in [0.15, 0.2) is 0 Å². The molecule has 0 unspecified atom stereocenters. The fourth-order valence-electron chi connectivity index (χ4n) is 2.13. The van der Waals surface area contributed by atoms with Crippen LogP contribution in [-0.4, -0.2) is 22.3 Å². The molecule has 0 spiro atoms. The minimum Gasteiger partial charge on any atom is -0.330 e. The van der Waals surface area contributed by atoms with E-state index in [0.717, 1.165) is 16.9 Å². The molecule has 2 rings (SSSR count). The summed E-state index contributed by atoms with van der Waals surface area (Å²) in [5.74, 6) is 0.891. The zero-order valence-electron chi connectivity index (χ0n) is 11.4. The van der Waals surface area contributed by atoms with Crippen molar-refractivity contribution in [1.29, 1.82) is 0 Å². The van der Waals surface area contributed by atoms with Crippen LogP contribution in [0.4, 0.5) is 13.2 Å². The molecule has 2 aromatic rings. The molecule has 1 aromatic heterocycles. The standard InChI is InChI=1S/C14H18F3N3/c1-20-12-7-3-2-6-11(12)19-13(20)10-18-9-5-4-8-14(15,16)17/h2-3,6-7,18H,4-5,8-10H2,1H3. The van der Waals surface area contributed by atoms with Gasteiger partial charge in [-0.1, -0.05) is 12.1 Å². The van der Waals surface area contributed by atoms with Crippen LogP contribution < -0.4 is 5.32 Å². The van der Waals surface area contributed by atoms with E-state index in [4.69, 9.17) is 0 Å². The van der Waals surface area contributed by atoms with Gasteiger partial charge in [0.1, 0.15) is 5.82 Å². The van der Waals surface area contributed by atoms with Gasteiger partial charge in [-0.3, -0.25) is 0 Å². The maximum atomic E-state index is 12.0. The second-order valence-electron chi connectivity index (χ2n) is 4.82. The first-order valence-corrected chi connectivity index (χ1v) is 6.65. The molecule has 1 N–H and O–H groups in total. The van der Waals surface area contributed by atoms with Gasteiger partial charge in [-0.15, -0.1) is 0 Å². The van der Waals surface area contributed by atoms with Gasteiger partial charge in [-0.25, -0.2) is 4.98 Å². The van der Waals surface area contributed by atoms with Gasteiger partial charge in [0.05, 0.1) is 17.6 Å². The number of unbranched alkanes of at least 4 members (excludes halogenated alkanes) is 1. The van der Waals surface area contributed by atoms with Crippen molar-refractivity contribution in [2.24, 2.45) is 7.05 Å². The van der Waals surface area contributed by atoms with Gasteiger partial charge < -0.3 is 9.88 Å². The number of halogens is 3. The lowest BCUT2D eigenvalue weighted by Crippen LogP contribution is -2.18. The molecule has 6 heteroatoms. The van der Waals surface area contributed by atoms with E-state index in [-0.39, 0.29) is 6.42 Å². The molecule has 0 saturated carbocycles. The smallest absolute Gasteiger partial charge is 0.330 e. The fraction of sp³-hybridized carbons (Fsp3) is 0.500. The number of nitrogens with zero attached hydrogens (tertiary/aromatic N) is 2. The third kappa shape index (κ3) is 3.96. The highest BCUT2D eigenvalue weighted by Crippen LogP contribution is 2.21. The third-order valence-corrected chi connectivity index (χ3v) is 3.23. The number of aromatic nitrogens is 2. The number of nitrogens with one attached hydrogen (secondary N) is 1. The first kappa shape index (κ1) is 14.8. The van der Waals surface area contributed by atoms with Crippen LogP contribution in [0.15, 0.2) is 24.3 Å². The van der Waals surface area contributed by atoms with Gasteiger partial charge in [-0.2, -0.15) is 13.2 Å². The maximum absolute atomic E-state index is 12.0. The van der Waals surface area contributed by atoms with E-state index in [1.807, 2.05) is 35.9 Å². The van der Waals surface area contributed by atoms with Crippen molar-refractivity contribution in [2.75, 3.05) is 6.54 Å². The molecule has 0 atom stereocenters. The molecule has 1 heterocycles. The van der Waals surface area contributed by atoms with Crippen molar-refractivity contribution in [3.8, 4) is 0 Å². The Hall–Kier alpha value is -1.56. The van der Waals surface area contributed by atoms with Crippen LogP contribution in [0.3, 0.4) is 0 Å². The molecule has 0 saturated heterocycles. The normalized spacial score (nSPS) is 12.2. The van der Waals surface area contributed by atoms with Crippen LogP contribution in [0.2, 0.25) is 0 Å². The van der Waals surface area contributed by atoms with E-state index < -0.39 is 12.6 Å². The highest BCUT2D eigenvalue weighted by molar-refractivity contribution is 5.75. The lowest BCUT2D eigenvalue weighted by molar-refractivity contribution is -0.135. The van der Waals surface area contributed by atoms with Crippen LogP contribution >= 0.6 is 0 Å². The second-order valence-corrected chi connectivity index (χ2v) is 4.82. The van der Waals surface area contributed by atoms with Crippen molar-refractivity contribution in [1.82, 2.24) is 14.9 Å². The van der Waals surface area contributed by atoms with Crippen LogP contribution in [0.1, 0.15) is 25.1 Å². The fourth-order valence-corrected chi connectivity index (χ4v) is 2.13. The second kappa shape index (κ2) is 6.26. The molecule has 20 heavy (non-hydrogen) atoms. The number of para-hydroxylation sites is 2. The molecule has 0 radical (unpaired) electrons. The lowest BCUT2D eigenvalue weighted by atomic mass is 10.2. The molecule has 0 bridgehead atoms. The number of fused-ring (bicyclic) bond motifs is 1. The van der Waals surface area contributed by atoms with E-state index in [1.54, 1.807) is 0 Å². The first-order chi connectivity index (χ1) is 9.47. The highest BCUT2D eigenvalue weighted by atomic mass is 19.4. The van der Waals surface area contributed by atoms with Gasteiger partial charge in [-0.05, 0) is 31.5 Å². The summed E-state index contributed by atoms with van der Waals surface area (Å²) in [6.07, 6.45) is -4.07. The Morgan fingerprint density at radius 3 is 2.65 bits per heavy atom. The molecule has 110 valence electrons. The molecular weight excluding hydrogens is 267 g/mol. The van der Waals surface area contributed by atoms with Gasteiger partial charge in [0, 0.05) is 13.5 Å². The largest absolute Gasteiger partial charge is 0.389 e. The van der Waals surface area contributed by atoms with Crippen LogP contribution in [0.5, 0.6) is 0 Å². The summed E-state index contributed by atoms with van der Waals surface area (Å²) in [6.45, 7) is 1.14. The van der Waals surface area contributed by atoms with Crippen LogP contribution in [0.25, 0.3) is 11.0 Å². The molecule has 0 aliphatic carbocycles. The number of benzene rings is 1. The van der Waals surface area contributed by atoms with Gasteiger partial charge in [0.25, 0.3) is 0 Å². The average molecular weight is 285 g/mol. The molecular formula is C14H18F3N3. The van der Waals surface area contributed by atoms with E-state index >= 15 is 0 Å². The Bertz CT molecular complexity index is 560. The van der Waals surface area contributed by atoms with Gasteiger partial charge >= 0.3 is 6.18 Å². The zero-order valence-corrected chi connectivity index (χ0v) is 11.4. The first-order valence-electron chi connectivity index (χ1n) is 6.65. The van der Waals surface area contributed by atoms with Crippen molar-refractivity contribution < 1.29 is 13.2 Å². The summed E-state index contributed by atoms with van der Waals surface area (Å²) in [6, 6.07) is 7.83. The van der Waals surface area contributed by atoms with Crippen molar-refractivity contribution >= 4 is 11.0 Å². The number of imidazole rings is 1. The Kier molecular flexibility index (Phi) is 4.65. The summed E-state index contributed by atoms with van der Waals surface area (Å²) in [7, 11) is 1.94. The predicted octanol–water partition coefficient (Wildman–Crippen LogP) is 3.40. The Labute approximate surface area is 115 Å². The summed E-state index contributed by atoms with van der Waals surface area (Å²) < 4.78 is 37.9. The molecule has 3 nitrogen and oxygen atoms in total. The number of aryl methyl sites for hydroxylation is 1. The van der Waals surface area contributed by atoms with Crippen molar-refractivity contribution in [3.63, 3.8) is 0 Å². The molecule has 0 amide bonds. The minimum absolute atomic E-state index is 0.166. The molecule has 1 aromatic carbocycles. The number of rotatable bonds is 6. The highest BCUT2D eigenvalue weighted by Gasteiger charge is 2.25.